The van der Waals surface area contributed by atoms with Crippen molar-refractivity contribution >= 4 is 30.3 Å². The summed E-state index contributed by atoms with van der Waals surface area (Å²) in [6, 6.07) is 43.5. The third-order valence-electron chi connectivity index (χ3n) is 6.58. The van der Waals surface area contributed by atoms with Crippen LogP contribution < -0.4 is 5.32 Å². The summed E-state index contributed by atoms with van der Waals surface area (Å²) in [7, 11) is 0. The van der Waals surface area contributed by atoms with Crippen molar-refractivity contribution < 1.29 is 32.2 Å². The second-order valence-corrected chi connectivity index (χ2v) is 10.3. The van der Waals surface area contributed by atoms with E-state index in [0.29, 0.717) is 5.92 Å². The summed E-state index contributed by atoms with van der Waals surface area (Å²) in [5.41, 5.74) is 8.37. The fraction of sp³-hybridized carbons (Fsp3) is 0.143. The Kier molecular flexibility index (Phi) is 11.0. The maximum absolute atomic E-state index is 7.50. The minimum atomic E-state index is -0.472. The van der Waals surface area contributed by atoms with Crippen molar-refractivity contribution in [2.45, 2.75) is 19.4 Å². The zero-order valence-corrected chi connectivity index (χ0v) is 23.7. The first-order valence-electron chi connectivity index (χ1n) is 12.6. The van der Waals surface area contributed by atoms with Gasteiger partial charge in [-0.15, -0.1) is 0 Å². The standard InChI is InChI=1S/C33H30N.2CO.Ru.3H/c1-25(2)24-34-33(29-21-13-6-14-22-29)23-30(26-15-7-3-8-16-26)31(27-17-9-4-10-18-27)32(33)28-19-11-5-12-20-28;2*1-2;;;;/h3-22,25,34H,24H2,1-2H3;;;;;;/q;;;+3;3*-1. The first-order chi connectivity index (χ1) is 19.1. The van der Waals surface area contributed by atoms with Gasteiger partial charge in [0.25, 0.3) is 13.6 Å². The Hall–Kier alpha value is -3.72. The van der Waals surface area contributed by atoms with E-state index in [2.05, 4.69) is 172 Å². The maximum Gasteiger partial charge on any atom is 0.281 e. The molecule has 0 amide bonds. The van der Waals surface area contributed by atoms with Gasteiger partial charge in [0.1, 0.15) is 0 Å². The van der Waals surface area contributed by atoms with E-state index in [0.717, 1.165) is 6.54 Å². The molecule has 39 heavy (non-hydrogen) atoms. The Morgan fingerprint density at radius 2 is 1.03 bits per heavy atom. The molecule has 1 unspecified atom stereocenters. The number of carbonyl (C=O) groups excluding carboxylic acids is 2. The normalized spacial score (nSPS) is 16.3. The minimum Gasteiger partial charge on any atom is -1.00 e. The van der Waals surface area contributed by atoms with Gasteiger partial charge in [0.15, 0.2) is 0 Å². The number of benzene rings is 4. The van der Waals surface area contributed by atoms with Crippen molar-refractivity contribution in [2.24, 2.45) is 5.92 Å². The molecule has 0 aromatic heterocycles. The number of hydrogen-bond acceptors (Lipinski definition) is 3. The first kappa shape index (κ1) is 29.8. The number of hydrogen-bond donors (Lipinski definition) is 1. The Morgan fingerprint density at radius 1 is 0.641 bits per heavy atom. The van der Waals surface area contributed by atoms with E-state index in [1.165, 1.54) is 43.1 Å². The SMILES string of the molecule is CC(C)CNC1(c2ccccc2)[C]([Ru+3])=C(c2ccccc2)C(c2ccccc2)=C1c1ccccc1.[C]=O.[C]=O.[H-].[H-].[H-]. The molecule has 198 valence electrons. The summed E-state index contributed by atoms with van der Waals surface area (Å²) in [6.45, 7) is 14.4. The predicted octanol–water partition coefficient (Wildman–Crippen LogP) is 7.25. The molecule has 0 bridgehead atoms. The van der Waals surface area contributed by atoms with Gasteiger partial charge < -0.3 is 4.28 Å². The van der Waals surface area contributed by atoms with Crippen molar-refractivity contribution in [2.75, 3.05) is 6.54 Å². The largest absolute Gasteiger partial charge is 1.00 e. The van der Waals surface area contributed by atoms with E-state index in [-0.39, 0.29) is 4.28 Å². The third-order valence-corrected chi connectivity index (χ3v) is 7.66. The van der Waals surface area contributed by atoms with E-state index < -0.39 is 5.54 Å². The second kappa shape index (κ2) is 14.4. The van der Waals surface area contributed by atoms with E-state index in [1.807, 2.05) is 0 Å². The smallest absolute Gasteiger partial charge is 0.281 e. The van der Waals surface area contributed by atoms with Crippen molar-refractivity contribution in [1.29, 1.82) is 0 Å². The van der Waals surface area contributed by atoms with E-state index in [1.54, 1.807) is 0 Å². The topological polar surface area (TPSA) is 46.2 Å². The van der Waals surface area contributed by atoms with Crippen LogP contribution in [0.1, 0.15) is 40.4 Å². The monoisotopic (exact) mass is 601 g/mol. The Balaban J connectivity index is 0.00000230. The van der Waals surface area contributed by atoms with Gasteiger partial charge in [-0.1, -0.05) is 0 Å². The van der Waals surface area contributed by atoms with Crippen LogP contribution in [0.4, 0.5) is 0 Å². The van der Waals surface area contributed by atoms with Crippen LogP contribution in [0.15, 0.2) is 125 Å². The van der Waals surface area contributed by atoms with E-state index in [9.17, 15) is 0 Å². The summed E-state index contributed by atoms with van der Waals surface area (Å²) >= 11 is 3.02. The molecule has 1 aliphatic carbocycles. The van der Waals surface area contributed by atoms with Gasteiger partial charge in [-0.05, 0) is 0 Å². The summed E-state index contributed by atoms with van der Waals surface area (Å²) in [5.74, 6) is 0.507. The fourth-order valence-corrected chi connectivity index (χ4v) is 6.11. The van der Waals surface area contributed by atoms with Gasteiger partial charge in [-0.3, -0.25) is 9.59 Å². The number of rotatable bonds is 7. The molecule has 0 saturated heterocycles. The van der Waals surface area contributed by atoms with Gasteiger partial charge in [0.05, 0.1) is 0 Å². The Bertz CT molecular complexity index is 1400. The molecule has 4 radical (unpaired) electrons. The molecule has 0 fully saturated rings. The fourth-order valence-electron chi connectivity index (χ4n) is 5.02. The molecular weight excluding hydrogens is 567 g/mol. The van der Waals surface area contributed by atoms with Crippen molar-refractivity contribution in [3.05, 3.63) is 148 Å². The average Bonchev–Trinajstić information content (AvgIpc) is 3.28. The number of allylic oxidation sites excluding steroid dienone is 2. The molecule has 0 spiro atoms. The van der Waals surface area contributed by atoms with Gasteiger partial charge in [0, 0.05) is 0 Å². The van der Waals surface area contributed by atoms with Gasteiger partial charge in [-0.25, -0.2) is 0 Å². The number of nitrogens with one attached hydrogen (secondary N) is 1. The maximum atomic E-state index is 7.50. The van der Waals surface area contributed by atoms with Crippen LogP contribution in [-0.4, -0.2) is 20.1 Å². The quantitative estimate of drug-likeness (QED) is 0.227. The van der Waals surface area contributed by atoms with E-state index >= 15 is 0 Å². The van der Waals surface area contributed by atoms with Crippen LogP contribution in [-0.2, 0) is 33.4 Å². The molecule has 0 aliphatic heterocycles. The summed E-state index contributed by atoms with van der Waals surface area (Å²) in [4.78, 5) is 15.0. The minimum absolute atomic E-state index is 0. The van der Waals surface area contributed by atoms with Crippen LogP contribution in [0.3, 0.4) is 0 Å². The van der Waals surface area contributed by atoms with Crippen molar-refractivity contribution in [1.82, 2.24) is 5.32 Å². The predicted molar refractivity (Wildman–Crippen MR) is 159 cm³/mol. The molecule has 4 aromatic rings. The van der Waals surface area contributed by atoms with Gasteiger partial charge in [-0.2, -0.15) is 0 Å². The Morgan fingerprint density at radius 3 is 1.46 bits per heavy atom. The van der Waals surface area contributed by atoms with E-state index in [4.69, 9.17) is 9.59 Å². The molecule has 4 aromatic carbocycles. The molecule has 0 saturated carbocycles. The van der Waals surface area contributed by atoms with Crippen molar-refractivity contribution in [3.63, 3.8) is 0 Å². The molecule has 0 heterocycles. The molecule has 4 heteroatoms. The third kappa shape index (κ3) is 6.14. The van der Waals surface area contributed by atoms with Crippen LogP contribution in [0.25, 0.3) is 16.7 Å². The van der Waals surface area contributed by atoms with Gasteiger partial charge in [0.2, 0.25) is 0 Å². The van der Waals surface area contributed by atoms with Gasteiger partial charge >= 0.3 is 220 Å². The van der Waals surface area contributed by atoms with Crippen LogP contribution >= 0.6 is 0 Å². The molecule has 1 N–H and O–H groups in total. The second-order valence-electron chi connectivity index (χ2n) is 9.42. The summed E-state index contributed by atoms with van der Waals surface area (Å²) in [5, 5.41) is 4.08. The van der Waals surface area contributed by atoms with Crippen molar-refractivity contribution in [3.8, 4) is 0 Å². The van der Waals surface area contributed by atoms with Crippen LogP contribution in [0.2, 0.25) is 0 Å². The molecule has 1 aliphatic rings. The summed E-state index contributed by atoms with van der Waals surface area (Å²) in [6.07, 6.45) is 0. The molecule has 3 nitrogen and oxygen atoms in total. The first-order valence-corrected chi connectivity index (χ1v) is 13.5. The molecular formula is C35H33NO2Ru. The Labute approximate surface area is 246 Å². The molecule has 5 rings (SSSR count). The average molecular weight is 601 g/mol. The zero-order chi connectivity index (χ0) is 28.3. The molecule has 1 atom stereocenters. The zero-order valence-electron chi connectivity index (χ0n) is 25.0. The van der Waals surface area contributed by atoms with Crippen LogP contribution in [0.5, 0.6) is 0 Å². The van der Waals surface area contributed by atoms with Crippen LogP contribution in [0, 0.1) is 5.92 Å². The summed E-state index contributed by atoms with van der Waals surface area (Å²) < 4.78 is 1.27.